The van der Waals surface area contributed by atoms with Crippen LogP contribution in [0.15, 0.2) is 23.1 Å². The Hall–Kier alpha value is -0.860. The molecular formula is C19H26Cl2N2O4S. The average Bonchev–Trinajstić information content (AvgIpc) is 3.18. The number of nitrogens with one attached hydrogen (secondary N) is 1. The first-order chi connectivity index (χ1) is 13.4. The fourth-order valence-electron chi connectivity index (χ4n) is 3.81. The number of amides is 1. The van der Waals surface area contributed by atoms with Gasteiger partial charge in [0.05, 0.1) is 17.7 Å². The van der Waals surface area contributed by atoms with E-state index in [0.717, 1.165) is 6.42 Å². The summed E-state index contributed by atoms with van der Waals surface area (Å²) in [5.41, 5.74) is 0. The highest BCUT2D eigenvalue weighted by Crippen LogP contribution is 2.29. The SMILES string of the molecule is O=C(CCC1CCCC1)NCC1CN(S(=O)(=O)c2ccc(Cl)cc2Cl)CCO1. The maximum Gasteiger partial charge on any atom is 0.244 e. The van der Waals surface area contributed by atoms with Crippen molar-refractivity contribution in [3.63, 3.8) is 0 Å². The smallest absolute Gasteiger partial charge is 0.244 e. The third-order valence-electron chi connectivity index (χ3n) is 5.39. The van der Waals surface area contributed by atoms with Gasteiger partial charge < -0.3 is 10.1 Å². The van der Waals surface area contributed by atoms with Crippen molar-refractivity contribution in [1.82, 2.24) is 9.62 Å². The average molecular weight is 449 g/mol. The van der Waals surface area contributed by atoms with Crippen molar-refractivity contribution >= 4 is 39.1 Å². The molecule has 0 spiro atoms. The van der Waals surface area contributed by atoms with E-state index >= 15 is 0 Å². The Kier molecular flexibility index (Phi) is 7.61. The van der Waals surface area contributed by atoms with Crippen LogP contribution in [0.2, 0.25) is 10.0 Å². The number of halogens is 2. The molecule has 0 aromatic heterocycles. The van der Waals surface area contributed by atoms with Crippen LogP contribution in [0.25, 0.3) is 0 Å². The lowest BCUT2D eigenvalue weighted by atomic mass is 10.0. The molecule has 1 unspecified atom stereocenters. The molecule has 1 aliphatic heterocycles. The van der Waals surface area contributed by atoms with E-state index in [1.165, 1.54) is 48.2 Å². The van der Waals surface area contributed by atoms with E-state index in [9.17, 15) is 13.2 Å². The van der Waals surface area contributed by atoms with E-state index < -0.39 is 10.0 Å². The van der Waals surface area contributed by atoms with Crippen molar-refractivity contribution in [2.75, 3.05) is 26.2 Å². The number of rotatable bonds is 7. The molecule has 9 heteroatoms. The Bertz CT molecular complexity index is 797. The summed E-state index contributed by atoms with van der Waals surface area (Å²) in [6.07, 6.45) is 6.03. The zero-order chi connectivity index (χ0) is 20.1. The van der Waals surface area contributed by atoms with Crippen molar-refractivity contribution < 1.29 is 17.9 Å². The maximum atomic E-state index is 12.9. The van der Waals surface area contributed by atoms with Gasteiger partial charge in [-0.15, -0.1) is 0 Å². The first-order valence-corrected chi connectivity index (χ1v) is 11.9. The van der Waals surface area contributed by atoms with Crippen LogP contribution in [-0.4, -0.2) is 51.0 Å². The molecule has 2 aliphatic rings. The highest BCUT2D eigenvalue weighted by atomic mass is 35.5. The molecule has 0 radical (unpaired) electrons. The molecule has 1 aliphatic carbocycles. The topological polar surface area (TPSA) is 75.7 Å². The van der Waals surface area contributed by atoms with Gasteiger partial charge >= 0.3 is 0 Å². The van der Waals surface area contributed by atoms with E-state index in [4.69, 9.17) is 27.9 Å². The monoisotopic (exact) mass is 448 g/mol. The predicted octanol–water partition coefficient (Wildman–Crippen LogP) is 3.47. The summed E-state index contributed by atoms with van der Waals surface area (Å²) in [5, 5.41) is 3.35. The Labute approximate surface area is 176 Å². The molecule has 156 valence electrons. The number of hydrogen-bond acceptors (Lipinski definition) is 4. The van der Waals surface area contributed by atoms with Gasteiger partial charge in [-0.1, -0.05) is 48.9 Å². The molecule has 1 aromatic carbocycles. The van der Waals surface area contributed by atoms with Crippen molar-refractivity contribution in [2.45, 2.75) is 49.5 Å². The molecule has 2 fully saturated rings. The molecule has 1 amide bonds. The molecule has 1 aromatic rings. The van der Waals surface area contributed by atoms with Gasteiger partial charge in [-0.3, -0.25) is 4.79 Å². The molecule has 28 heavy (non-hydrogen) atoms. The molecule has 1 saturated heterocycles. The van der Waals surface area contributed by atoms with Crippen molar-refractivity contribution in [1.29, 1.82) is 0 Å². The molecule has 0 bridgehead atoms. The summed E-state index contributed by atoms with van der Waals surface area (Å²) in [5.74, 6) is 0.665. The molecule has 3 rings (SSSR count). The third-order valence-corrected chi connectivity index (χ3v) is 7.98. The Morgan fingerprint density at radius 2 is 2.00 bits per heavy atom. The lowest BCUT2D eigenvalue weighted by Gasteiger charge is -2.32. The lowest BCUT2D eigenvalue weighted by Crippen LogP contribution is -2.49. The molecular weight excluding hydrogens is 423 g/mol. The first kappa shape index (κ1) is 21.8. The van der Waals surface area contributed by atoms with Gasteiger partial charge in [-0.2, -0.15) is 4.31 Å². The van der Waals surface area contributed by atoms with Crippen LogP contribution in [0.4, 0.5) is 0 Å². The van der Waals surface area contributed by atoms with E-state index in [1.807, 2.05) is 0 Å². The second-order valence-electron chi connectivity index (χ2n) is 7.42. The van der Waals surface area contributed by atoms with Crippen LogP contribution >= 0.6 is 23.2 Å². The van der Waals surface area contributed by atoms with Crippen LogP contribution < -0.4 is 5.32 Å². The molecule has 1 heterocycles. The van der Waals surface area contributed by atoms with E-state index in [0.29, 0.717) is 23.9 Å². The van der Waals surface area contributed by atoms with E-state index in [2.05, 4.69) is 5.32 Å². The molecule has 6 nitrogen and oxygen atoms in total. The second kappa shape index (κ2) is 9.76. The number of nitrogens with zero attached hydrogens (tertiary/aromatic N) is 1. The highest BCUT2D eigenvalue weighted by Gasteiger charge is 2.32. The fourth-order valence-corrected chi connectivity index (χ4v) is 6.01. The molecule has 1 atom stereocenters. The van der Waals surface area contributed by atoms with E-state index in [1.54, 1.807) is 0 Å². The fraction of sp³-hybridized carbons (Fsp3) is 0.632. The first-order valence-electron chi connectivity index (χ1n) is 9.70. The summed E-state index contributed by atoms with van der Waals surface area (Å²) in [6, 6.07) is 4.33. The Balaban J connectivity index is 1.52. The highest BCUT2D eigenvalue weighted by molar-refractivity contribution is 7.89. The van der Waals surface area contributed by atoms with Gasteiger partial charge in [0.1, 0.15) is 4.90 Å². The maximum absolute atomic E-state index is 12.9. The van der Waals surface area contributed by atoms with Gasteiger partial charge in [0.15, 0.2) is 0 Å². The van der Waals surface area contributed by atoms with Gasteiger partial charge in [0.25, 0.3) is 0 Å². The summed E-state index contributed by atoms with van der Waals surface area (Å²) in [4.78, 5) is 12.1. The van der Waals surface area contributed by atoms with Crippen LogP contribution in [0, 0.1) is 5.92 Å². The zero-order valence-electron chi connectivity index (χ0n) is 15.7. The van der Waals surface area contributed by atoms with E-state index in [-0.39, 0.29) is 41.6 Å². The van der Waals surface area contributed by atoms with Crippen LogP contribution in [-0.2, 0) is 19.6 Å². The van der Waals surface area contributed by atoms with Crippen molar-refractivity contribution in [3.8, 4) is 0 Å². The van der Waals surface area contributed by atoms with Crippen molar-refractivity contribution in [3.05, 3.63) is 28.2 Å². The second-order valence-corrected chi connectivity index (χ2v) is 10.2. The molecule has 1 saturated carbocycles. The number of morpholine rings is 1. The number of carbonyl (C=O) groups excluding carboxylic acids is 1. The van der Waals surface area contributed by atoms with Gasteiger partial charge in [-0.25, -0.2) is 8.42 Å². The molecule has 1 N–H and O–H groups in total. The third kappa shape index (κ3) is 5.60. The minimum absolute atomic E-state index is 0.00349. The van der Waals surface area contributed by atoms with Gasteiger partial charge in [0, 0.05) is 31.1 Å². The van der Waals surface area contributed by atoms with Gasteiger partial charge in [-0.05, 0) is 30.5 Å². The number of sulfonamides is 1. The van der Waals surface area contributed by atoms with Crippen LogP contribution in [0.5, 0.6) is 0 Å². The summed E-state index contributed by atoms with van der Waals surface area (Å²) < 4.78 is 32.8. The standard InChI is InChI=1S/C19H26Cl2N2O4S/c20-15-6-7-18(17(21)11-15)28(25,26)23-9-10-27-16(13-23)12-22-19(24)8-5-14-3-1-2-4-14/h6-7,11,14,16H,1-5,8-10,12-13H2,(H,22,24). The summed E-state index contributed by atoms with van der Waals surface area (Å²) in [7, 11) is -3.75. The van der Waals surface area contributed by atoms with Gasteiger partial charge in [0.2, 0.25) is 15.9 Å². The number of ether oxygens (including phenoxy) is 1. The quantitative estimate of drug-likeness (QED) is 0.692. The number of hydrogen-bond donors (Lipinski definition) is 1. The summed E-state index contributed by atoms with van der Waals surface area (Å²) >= 11 is 11.9. The minimum atomic E-state index is -3.75. The minimum Gasteiger partial charge on any atom is -0.374 e. The van der Waals surface area contributed by atoms with Crippen LogP contribution in [0.1, 0.15) is 38.5 Å². The zero-order valence-corrected chi connectivity index (χ0v) is 18.0. The Morgan fingerprint density at radius 3 is 2.71 bits per heavy atom. The largest absolute Gasteiger partial charge is 0.374 e. The predicted molar refractivity (Wildman–Crippen MR) is 109 cm³/mol. The lowest BCUT2D eigenvalue weighted by molar-refractivity contribution is -0.122. The Morgan fingerprint density at radius 1 is 1.25 bits per heavy atom. The summed E-state index contributed by atoms with van der Waals surface area (Å²) in [6.45, 7) is 0.981. The number of carbonyl (C=O) groups is 1. The normalized spacial score (nSPS) is 21.7. The number of benzene rings is 1. The van der Waals surface area contributed by atoms with Crippen LogP contribution in [0.3, 0.4) is 0 Å². The van der Waals surface area contributed by atoms with Crippen molar-refractivity contribution in [2.24, 2.45) is 5.92 Å².